The number of rotatable bonds is 11. The summed E-state index contributed by atoms with van der Waals surface area (Å²) in [6.07, 6.45) is 3.05. The lowest BCUT2D eigenvalue weighted by Gasteiger charge is -2.25. The molecule has 1 atom stereocenters. The van der Waals surface area contributed by atoms with Crippen molar-refractivity contribution in [3.63, 3.8) is 0 Å². The van der Waals surface area contributed by atoms with E-state index in [4.69, 9.17) is 10.5 Å². The first-order valence-electron chi connectivity index (χ1n) is 8.01. The van der Waals surface area contributed by atoms with Gasteiger partial charge in [-0.2, -0.15) is 0 Å². The van der Waals surface area contributed by atoms with Crippen LogP contribution in [0.5, 0.6) is 0 Å². The van der Waals surface area contributed by atoms with Crippen molar-refractivity contribution >= 4 is 5.97 Å². The molecule has 0 amide bonds. The highest BCUT2D eigenvalue weighted by molar-refractivity contribution is 5.75. The number of nitrogens with two attached hydrogens (primary N) is 1. The highest BCUT2D eigenvalue weighted by Crippen LogP contribution is 2.08. The molecule has 0 aliphatic carbocycles. The molecule has 120 valence electrons. The minimum Gasteiger partial charge on any atom is -0.465 e. The second-order valence-corrected chi connectivity index (χ2v) is 6.35. The van der Waals surface area contributed by atoms with E-state index in [1.165, 1.54) is 12.8 Å². The summed E-state index contributed by atoms with van der Waals surface area (Å²) >= 11 is 0. The first-order valence-corrected chi connectivity index (χ1v) is 8.01. The molecule has 0 saturated heterocycles. The Kier molecular flexibility index (Phi) is 10.8. The molecule has 0 fully saturated rings. The summed E-state index contributed by atoms with van der Waals surface area (Å²) in [4.78, 5) is 14.0. The maximum absolute atomic E-state index is 11.5. The zero-order valence-corrected chi connectivity index (χ0v) is 14.0. The molecule has 0 aliphatic heterocycles. The number of carbonyl (C=O) groups is 1. The first kappa shape index (κ1) is 19.4. The minimum atomic E-state index is -0.490. The summed E-state index contributed by atoms with van der Waals surface area (Å²) in [5.74, 6) is 1.13. The normalized spacial score (nSPS) is 13.2. The third kappa shape index (κ3) is 10.2. The van der Waals surface area contributed by atoms with E-state index in [0.29, 0.717) is 24.9 Å². The summed E-state index contributed by atoms with van der Waals surface area (Å²) in [5, 5.41) is 0. The Balaban J connectivity index is 4.15. The van der Waals surface area contributed by atoms with Gasteiger partial charge in [0.1, 0.15) is 6.04 Å². The van der Waals surface area contributed by atoms with E-state index < -0.39 is 6.04 Å². The van der Waals surface area contributed by atoms with E-state index in [0.717, 1.165) is 19.6 Å². The van der Waals surface area contributed by atoms with Crippen LogP contribution in [0.4, 0.5) is 0 Å². The van der Waals surface area contributed by atoms with Crippen LogP contribution in [0.25, 0.3) is 0 Å². The van der Waals surface area contributed by atoms with Crippen LogP contribution in [-0.4, -0.2) is 43.2 Å². The molecule has 0 aromatic rings. The molecule has 0 saturated carbocycles. The number of ether oxygens (including phenoxy) is 1. The summed E-state index contributed by atoms with van der Waals surface area (Å²) in [6.45, 7) is 14.2. The summed E-state index contributed by atoms with van der Waals surface area (Å²) in [6, 6.07) is -0.490. The molecular formula is C16H34N2O2. The van der Waals surface area contributed by atoms with E-state index in [9.17, 15) is 4.79 Å². The Morgan fingerprint density at radius 3 is 1.85 bits per heavy atom. The molecule has 0 aromatic carbocycles. The van der Waals surface area contributed by atoms with Crippen LogP contribution in [0.15, 0.2) is 0 Å². The molecule has 0 aromatic heterocycles. The Bertz CT molecular complexity index is 243. The molecule has 0 spiro atoms. The zero-order chi connectivity index (χ0) is 15.5. The van der Waals surface area contributed by atoms with Crippen molar-refractivity contribution in [2.75, 3.05) is 26.2 Å². The second-order valence-electron chi connectivity index (χ2n) is 6.35. The van der Waals surface area contributed by atoms with Crippen molar-refractivity contribution in [3.05, 3.63) is 0 Å². The SMILES string of the molecule is CCOC(=O)C(N)CCN(CCC(C)C)CCC(C)C. The Morgan fingerprint density at radius 2 is 1.45 bits per heavy atom. The maximum atomic E-state index is 11.5. The molecular weight excluding hydrogens is 252 g/mol. The van der Waals surface area contributed by atoms with Crippen molar-refractivity contribution < 1.29 is 9.53 Å². The fraction of sp³-hybridized carbons (Fsp3) is 0.938. The largest absolute Gasteiger partial charge is 0.465 e. The molecule has 4 nitrogen and oxygen atoms in total. The molecule has 20 heavy (non-hydrogen) atoms. The average Bonchev–Trinajstić information content (AvgIpc) is 2.37. The van der Waals surface area contributed by atoms with Crippen LogP contribution in [0.3, 0.4) is 0 Å². The molecule has 0 bridgehead atoms. The molecule has 0 radical (unpaired) electrons. The van der Waals surface area contributed by atoms with Crippen LogP contribution in [0, 0.1) is 11.8 Å². The van der Waals surface area contributed by atoms with Gasteiger partial charge in [-0.1, -0.05) is 27.7 Å². The molecule has 0 heterocycles. The van der Waals surface area contributed by atoms with Crippen LogP contribution in [0.1, 0.15) is 53.9 Å². The first-order chi connectivity index (χ1) is 9.36. The number of esters is 1. The van der Waals surface area contributed by atoms with Gasteiger partial charge in [-0.3, -0.25) is 4.79 Å². The predicted octanol–water partition coefficient (Wildman–Crippen LogP) is 2.66. The highest BCUT2D eigenvalue weighted by atomic mass is 16.5. The van der Waals surface area contributed by atoms with E-state index in [-0.39, 0.29) is 5.97 Å². The topological polar surface area (TPSA) is 55.6 Å². The van der Waals surface area contributed by atoms with Crippen molar-refractivity contribution in [1.29, 1.82) is 0 Å². The quantitative estimate of drug-likeness (QED) is 0.593. The Labute approximate surface area is 125 Å². The fourth-order valence-corrected chi connectivity index (χ4v) is 1.91. The molecule has 4 heteroatoms. The van der Waals surface area contributed by atoms with Gasteiger partial charge in [-0.25, -0.2) is 0 Å². The molecule has 0 rings (SSSR count). The van der Waals surface area contributed by atoms with Crippen LogP contribution in [-0.2, 0) is 9.53 Å². The smallest absolute Gasteiger partial charge is 0.322 e. The van der Waals surface area contributed by atoms with Crippen molar-refractivity contribution in [2.24, 2.45) is 17.6 Å². The van der Waals surface area contributed by atoms with E-state index in [1.807, 2.05) is 6.92 Å². The van der Waals surface area contributed by atoms with Gasteiger partial charge >= 0.3 is 5.97 Å². The standard InChI is InChI=1S/C16H34N2O2/c1-6-20-16(19)15(17)9-12-18(10-7-13(2)3)11-8-14(4)5/h13-15H,6-12,17H2,1-5H3. The van der Waals surface area contributed by atoms with Gasteiger partial charge in [0.05, 0.1) is 6.61 Å². The van der Waals surface area contributed by atoms with Crippen LogP contribution in [0.2, 0.25) is 0 Å². The summed E-state index contributed by atoms with van der Waals surface area (Å²) < 4.78 is 4.95. The van der Waals surface area contributed by atoms with Crippen molar-refractivity contribution in [1.82, 2.24) is 4.90 Å². The number of carbonyl (C=O) groups excluding carboxylic acids is 1. The maximum Gasteiger partial charge on any atom is 0.322 e. The molecule has 2 N–H and O–H groups in total. The van der Waals surface area contributed by atoms with Crippen molar-refractivity contribution in [2.45, 2.75) is 59.9 Å². The van der Waals surface area contributed by atoms with Gasteiger partial charge in [-0.15, -0.1) is 0 Å². The van der Waals surface area contributed by atoms with Gasteiger partial charge < -0.3 is 15.4 Å². The summed E-state index contributed by atoms with van der Waals surface area (Å²) in [7, 11) is 0. The number of hydrogen-bond donors (Lipinski definition) is 1. The van der Waals surface area contributed by atoms with Gasteiger partial charge in [0.2, 0.25) is 0 Å². The predicted molar refractivity (Wildman–Crippen MR) is 84.6 cm³/mol. The third-order valence-electron chi connectivity index (χ3n) is 3.39. The van der Waals surface area contributed by atoms with Crippen molar-refractivity contribution in [3.8, 4) is 0 Å². The Hall–Kier alpha value is -0.610. The Morgan fingerprint density at radius 1 is 1.00 bits per heavy atom. The monoisotopic (exact) mass is 286 g/mol. The third-order valence-corrected chi connectivity index (χ3v) is 3.39. The van der Waals surface area contributed by atoms with Gasteiger partial charge in [0.15, 0.2) is 0 Å². The van der Waals surface area contributed by atoms with Gasteiger partial charge in [0.25, 0.3) is 0 Å². The number of nitrogens with zero attached hydrogens (tertiary/aromatic N) is 1. The lowest BCUT2D eigenvalue weighted by molar-refractivity contribution is -0.144. The van der Waals surface area contributed by atoms with E-state index >= 15 is 0 Å². The fourth-order valence-electron chi connectivity index (χ4n) is 1.91. The van der Waals surface area contributed by atoms with Crippen LogP contribution >= 0.6 is 0 Å². The zero-order valence-electron chi connectivity index (χ0n) is 14.0. The van der Waals surface area contributed by atoms with E-state index in [2.05, 4.69) is 32.6 Å². The lowest BCUT2D eigenvalue weighted by atomic mass is 10.1. The van der Waals surface area contributed by atoms with Gasteiger partial charge in [0, 0.05) is 6.54 Å². The average molecular weight is 286 g/mol. The molecule has 0 aliphatic rings. The number of hydrogen-bond acceptors (Lipinski definition) is 4. The van der Waals surface area contributed by atoms with Crippen LogP contribution < -0.4 is 5.73 Å². The summed E-state index contributed by atoms with van der Waals surface area (Å²) in [5.41, 5.74) is 5.86. The second kappa shape index (κ2) is 11.1. The van der Waals surface area contributed by atoms with E-state index in [1.54, 1.807) is 0 Å². The molecule has 1 unspecified atom stereocenters. The van der Waals surface area contributed by atoms with Gasteiger partial charge in [-0.05, 0) is 51.1 Å². The highest BCUT2D eigenvalue weighted by Gasteiger charge is 2.16. The lowest BCUT2D eigenvalue weighted by Crippen LogP contribution is -2.38. The minimum absolute atomic E-state index is 0.278.